The second kappa shape index (κ2) is 13.5. The summed E-state index contributed by atoms with van der Waals surface area (Å²) in [5.41, 5.74) is 0. The molecule has 1 nitrogen and oxygen atoms in total. The molecule has 0 saturated carbocycles. The highest BCUT2D eigenvalue weighted by atomic mass is 15.0. The van der Waals surface area contributed by atoms with Crippen molar-refractivity contribution < 1.29 is 0 Å². The van der Waals surface area contributed by atoms with E-state index in [-0.39, 0.29) is 0 Å². The Bertz CT molecular complexity index is 56.0. The molecule has 0 heterocycles. The monoisotopic (exact) mass is 173 g/mol. The van der Waals surface area contributed by atoms with Crippen LogP contribution in [-0.4, -0.2) is 25.5 Å². The molecular weight excluding hydrogens is 146 g/mol. The molecule has 0 aromatic rings. The molecule has 0 aromatic carbocycles. The van der Waals surface area contributed by atoms with Gasteiger partial charge < -0.3 is 4.90 Å². The molecule has 76 valence electrons. The standard InChI is InChI=1S/C6H14.C5H13N/c1-3-5-6-4-2;1-4-5-6(2)3/h3-6H2,1-2H3;4-5H2,1-3H3. The maximum atomic E-state index is 2.23. The molecule has 0 radical (unpaired) electrons. The molecule has 1 heteroatoms. The third kappa shape index (κ3) is 22.5. The van der Waals surface area contributed by atoms with Crippen LogP contribution in [0.1, 0.15) is 52.9 Å². The van der Waals surface area contributed by atoms with Crippen LogP contribution in [0.2, 0.25) is 0 Å². The fourth-order valence-corrected chi connectivity index (χ4v) is 0.947. The van der Waals surface area contributed by atoms with Crippen molar-refractivity contribution in [2.24, 2.45) is 0 Å². The van der Waals surface area contributed by atoms with Gasteiger partial charge in [-0.25, -0.2) is 0 Å². The Hall–Kier alpha value is -0.0400. The van der Waals surface area contributed by atoms with Crippen LogP contribution in [0.15, 0.2) is 0 Å². The quantitative estimate of drug-likeness (QED) is 0.575. The zero-order chi connectivity index (χ0) is 9.82. The van der Waals surface area contributed by atoms with E-state index in [0.29, 0.717) is 0 Å². The zero-order valence-electron chi connectivity index (χ0n) is 9.69. The third-order valence-electron chi connectivity index (χ3n) is 1.63. The van der Waals surface area contributed by atoms with Gasteiger partial charge in [-0.1, -0.05) is 46.5 Å². The second-order valence-electron chi connectivity index (χ2n) is 3.51. The minimum atomic E-state index is 1.21. The molecule has 0 bridgehead atoms. The van der Waals surface area contributed by atoms with Gasteiger partial charge in [0.25, 0.3) is 0 Å². The number of unbranched alkanes of at least 4 members (excludes halogenated alkanes) is 3. The molecule has 0 saturated heterocycles. The number of hydrogen-bond acceptors (Lipinski definition) is 1. The SMILES string of the molecule is CCCCCC.CCCN(C)C. The van der Waals surface area contributed by atoms with Crippen molar-refractivity contribution in [1.29, 1.82) is 0 Å². The smallest absolute Gasteiger partial charge is 0.00275 e. The molecule has 0 aromatic heterocycles. The van der Waals surface area contributed by atoms with E-state index in [1.807, 2.05) is 0 Å². The molecular formula is C11H27N. The Kier molecular flexibility index (Phi) is 16.3. The van der Waals surface area contributed by atoms with E-state index in [1.54, 1.807) is 0 Å². The lowest BCUT2D eigenvalue weighted by Gasteiger charge is -2.03. The van der Waals surface area contributed by atoms with Crippen LogP contribution < -0.4 is 0 Å². The minimum absolute atomic E-state index is 1.21. The fourth-order valence-electron chi connectivity index (χ4n) is 0.947. The molecule has 0 spiro atoms. The topological polar surface area (TPSA) is 3.24 Å². The van der Waals surface area contributed by atoms with Gasteiger partial charge in [0.15, 0.2) is 0 Å². The normalized spacial score (nSPS) is 9.50. The van der Waals surface area contributed by atoms with Gasteiger partial charge >= 0.3 is 0 Å². The third-order valence-corrected chi connectivity index (χ3v) is 1.63. The Morgan fingerprint density at radius 2 is 1.17 bits per heavy atom. The Morgan fingerprint density at radius 1 is 0.750 bits per heavy atom. The number of nitrogens with zero attached hydrogens (tertiary/aromatic N) is 1. The van der Waals surface area contributed by atoms with Crippen LogP contribution in [0.3, 0.4) is 0 Å². The van der Waals surface area contributed by atoms with Gasteiger partial charge in [0, 0.05) is 0 Å². The molecule has 0 aliphatic rings. The van der Waals surface area contributed by atoms with Crippen molar-refractivity contribution in [3.8, 4) is 0 Å². The van der Waals surface area contributed by atoms with Gasteiger partial charge in [-0.05, 0) is 27.1 Å². The average molecular weight is 173 g/mol. The van der Waals surface area contributed by atoms with Crippen LogP contribution in [0.25, 0.3) is 0 Å². The van der Waals surface area contributed by atoms with E-state index in [0.717, 1.165) is 0 Å². The zero-order valence-corrected chi connectivity index (χ0v) is 9.69. The first kappa shape index (κ1) is 14.5. The summed E-state index contributed by atoms with van der Waals surface area (Å²) < 4.78 is 0. The molecule has 0 N–H and O–H groups in total. The molecule has 0 aliphatic heterocycles. The molecule has 0 fully saturated rings. The van der Waals surface area contributed by atoms with Gasteiger partial charge in [-0.15, -0.1) is 0 Å². The van der Waals surface area contributed by atoms with Crippen molar-refractivity contribution in [2.45, 2.75) is 52.9 Å². The van der Waals surface area contributed by atoms with Gasteiger partial charge in [0.1, 0.15) is 0 Å². The lowest BCUT2D eigenvalue weighted by Crippen LogP contribution is -2.11. The highest BCUT2D eigenvalue weighted by Crippen LogP contribution is 1.95. The van der Waals surface area contributed by atoms with Crippen molar-refractivity contribution in [2.75, 3.05) is 20.6 Å². The maximum Gasteiger partial charge on any atom is -0.00275 e. The lowest BCUT2D eigenvalue weighted by molar-refractivity contribution is 0.408. The molecule has 0 rings (SSSR count). The van der Waals surface area contributed by atoms with Gasteiger partial charge in [0.05, 0.1) is 0 Å². The Balaban J connectivity index is 0. The molecule has 12 heavy (non-hydrogen) atoms. The predicted octanol–water partition coefficient (Wildman–Crippen LogP) is 3.54. The summed E-state index contributed by atoms with van der Waals surface area (Å²) in [6.07, 6.45) is 6.79. The van der Waals surface area contributed by atoms with Crippen molar-refractivity contribution in [1.82, 2.24) is 4.90 Å². The molecule has 0 amide bonds. The highest BCUT2D eigenvalue weighted by Gasteiger charge is 1.79. The summed E-state index contributed by atoms with van der Waals surface area (Å²) in [5, 5.41) is 0. The summed E-state index contributed by atoms with van der Waals surface area (Å²) in [6.45, 7) is 7.85. The summed E-state index contributed by atoms with van der Waals surface area (Å²) in [4.78, 5) is 2.18. The Labute approximate surface area is 79.2 Å². The predicted molar refractivity (Wildman–Crippen MR) is 58.7 cm³/mol. The van der Waals surface area contributed by atoms with E-state index < -0.39 is 0 Å². The van der Waals surface area contributed by atoms with E-state index in [2.05, 4.69) is 39.8 Å². The van der Waals surface area contributed by atoms with E-state index >= 15 is 0 Å². The van der Waals surface area contributed by atoms with Crippen molar-refractivity contribution >= 4 is 0 Å². The summed E-state index contributed by atoms with van der Waals surface area (Å²) in [7, 11) is 4.17. The highest BCUT2D eigenvalue weighted by molar-refractivity contribution is 4.34. The maximum absolute atomic E-state index is 2.23. The molecule has 0 atom stereocenters. The fraction of sp³-hybridized carbons (Fsp3) is 1.00. The van der Waals surface area contributed by atoms with Crippen LogP contribution >= 0.6 is 0 Å². The molecule has 0 unspecified atom stereocenters. The first-order valence-corrected chi connectivity index (χ1v) is 5.33. The summed E-state index contributed by atoms with van der Waals surface area (Å²) in [6, 6.07) is 0. The van der Waals surface area contributed by atoms with Crippen molar-refractivity contribution in [3.63, 3.8) is 0 Å². The van der Waals surface area contributed by atoms with Crippen LogP contribution in [-0.2, 0) is 0 Å². The van der Waals surface area contributed by atoms with Crippen molar-refractivity contribution in [3.05, 3.63) is 0 Å². The first-order chi connectivity index (χ1) is 5.68. The van der Waals surface area contributed by atoms with Gasteiger partial charge in [-0.2, -0.15) is 0 Å². The van der Waals surface area contributed by atoms with E-state index in [1.165, 1.54) is 38.6 Å². The van der Waals surface area contributed by atoms with E-state index in [9.17, 15) is 0 Å². The molecule has 0 aliphatic carbocycles. The summed E-state index contributed by atoms with van der Waals surface area (Å²) in [5.74, 6) is 0. The lowest BCUT2D eigenvalue weighted by atomic mass is 10.2. The number of rotatable bonds is 5. The van der Waals surface area contributed by atoms with E-state index in [4.69, 9.17) is 0 Å². The summed E-state index contributed by atoms with van der Waals surface area (Å²) >= 11 is 0. The van der Waals surface area contributed by atoms with Gasteiger partial charge in [-0.3, -0.25) is 0 Å². The van der Waals surface area contributed by atoms with Crippen LogP contribution in [0, 0.1) is 0 Å². The largest absolute Gasteiger partial charge is 0.309 e. The Morgan fingerprint density at radius 3 is 1.25 bits per heavy atom. The van der Waals surface area contributed by atoms with Gasteiger partial charge in [0.2, 0.25) is 0 Å². The average Bonchev–Trinajstić information content (AvgIpc) is 2.02. The van der Waals surface area contributed by atoms with Crippen LogP contribution in [0.5, 0.6) is 0 Å². The second-order valence-corrected chi connectivity index (χ2v) is 3.51. The minimum Gasteiger partial charge on any atom is -0.309 e. The number of hydrogen-bond donors (Lipinski definition) is 0. The van der Waals surface area contributed by atoms with Crippen LogP contribution in [0.4, 0.5) is 0 Å². The first-order valence-electron chi connectivity index (χ1n) is 5.33.